The third kappa shape index (κ3) is 3.03. The first-order chi connectivity index (χ1) is 13.2. The molecule has 2 amide bonds. The van der Waals surface area contributed by atoms with Crippen LogP contribution in [0.15, 0.2) is 10.5 Å². The lowest BCUT2D eigenvalue weighted by Gasteiger charge is -2.42. The van der Waals surface area contributed by atoms with Crippen molar-refractivity contribution in [2.24, 2.45) is 11.8 Å². The number of nitrogens with one attached hydrogen (secondary N) is 1. The molecule has 3 heterocycles. The first-order valence-electron chi connectivity index (χ1n) is 9.92. The summed E-state index contributed by atoms with van der Waals surface area (Å²) < 4.78 is 5.51. The van der Waals surface area contributed by atoms with Gasteiger partial charge >= 0.3 is 0 Å². The zero-order chi connectivity index (χ0) is 20.2. The Morgan fingerprint density at radius 2 is 2.11 bits per heavy atom. The van der Waals surface area contributed by atoms with Gasteiger partial charge in [0.25, 0.3) is 5.91 Å². The van der Waals surface area contributed by atoms with Crippen LogP contribution in [0, 0.1) is 18.8 Å². The van der Waals surface area contributed by atoms with Gasteiger partial charge in [0.05, 0.1) is 18.2 Å². The second kappa shape index (κ2) is 6.86. The van der Waals surface area contributed by atoms with Gasteiger partial charge in [0.2, 0.25) is 5.91 Å². The third-order valence-corrected chi connectivity index (χ3v) is 7.02. The standard InChI is InChI=1S/C20H29N3O5/c1-11-13(10-24)5-17(28-11)18(26)23-7-12-4-16(15(12)9-23)21-19(27)20(2)6-14(25)8-22(20)3/h5,12,14-16,24-25H,4,6-10H2,1-3H3,(H,21,27). The molecule has 5 atom stereocenters. The summed E-state index contributed by atoms with van der Waals surface area (Å²) in [6.07, 6.45) is 0.822. The van der Waals surface area contributed by atoms with Crippen molar-refractivity contribution in [2.75, 3.05) is 26.7 Å². The first-order valence-corrected chi connectivity index (χ1v) is 9.92. The third-order valence-electron chi connectivity index (χ3n) is 7.02. The first kappa shape index (κ1) is 19.4. The van der Waals surface area contributed by atoms with Crippen molar-refractivity contribution < 1.29 is 24.2 Å². The van der Waals surface area contributed by atoms with Crippen molar-refractivity contribution >= 4 is 11.8 Å². The van der Waals surface area contributed by atoms with Crippen LogP contribution in [-0.4, -0.2) is 76.2 Å². The molecule has 0 spiro atoms. The molecule has 1 saturated carbocycles. The topological polar surface area (TPSA) is 106 Å². The van der Waals surface area contributed by atoms with Crippen LogP contribution in [0.3, 0.4) is 0 Å². The second-order valence-electron chi connectivity index (χ2n) is 8.81. The highest BCUT2D eigenvalue weighted by molar-refractivity contribution is 5.92. The summed E-state index contributed by atoms with van der Waals surface area (Å²) in [7, 11) is 1.86. The number of β-amino-alcohol motifs (C(OH)–C–C–N with tert-alkyl or cyclic N) is 1. The number of carbonyl (C=O) groups excluding carboxylic acids is 2. The fraction of sp³-hybridized carbons (Fsp3) is 0.700. The SMILES string of the molecule is Cc1oc(C(=O)N2CC3CC(NC(=O)C4(C)CC(O)CN4C)C3C2)cc1CO. The molecule has 8 nitrogen and oxygen atoms in total. The predicted molar refractivity (Wildman–Crippen MR) is 100 cm³/mol. The molecule has 1 aromatic heterocycles. The van der Waals surface area contributed by atoms with E-state index in [0.717, 1.165) is 6.42 Å². The van der Waals surface area contributed by atoms with E-state index in [0.29, 0.717) is 43.3 Å². The maximum atomic E-state index is 12.8. The lowest BCUT2D eigenvalue weighted by atomic mass is 9.71. The highest BCUT2D eigenvalue weighted by atomic mass is 16.4. The molecule has 8 heteroatoms. The van der Waals surface area contributed by atoms with Gasteiger partial charge in [0.15, 0.2) is 5.76 Å². The summed E-state index contributed by atoms with van der Waals surface area (Å²) in [4.78, 5) is 29.3. The van der Waals surface area contributed by atoms with Gasteiger partial charge in [-0.15, -0.1) is 0 Å². The second-order valence-corrected chi connectivity index (χ2v) is 8.81. The number of hydrogen-bond donors (Lipinski definition) is 3. The van der Waals surface area contributed by atoms with Crippen LogP contribution in [0.4, 0.5) is 0 Å². The summed E-state index contributed by atoms with van der Waals surface area (Å²) in [5.74, 6) is 1.26. The minimum atomic E-state index is -0.689. The van der Waals surface area contributed by atoms with Crippen molar-refractivity contribution in [1.29, 1.82) is 0 Å². The lowest BCUT2D eigenvalue weighted by Crippen LogP contribution is -2.59. The van der Waals surface area contributed by atoms with Gasteiger partial charge in [-0.2, -0.15) is 0 Å². The predicted octanol–water partition coefficient (Wildman–Crippen LogP) is 0.112. The average Bonchev–Trinajstić information content (AvgIpc) is 3.26. The van der Waals surface area contributed by atoms with Crippen LogP contribution in [0.1, 0.15) is 41.6 Å². The smallest absolute Gasteiger partial charge is 0.289 e. The zero-order valence-electron chi connectivity index (χ0n) is 16.6. The van der Waals surface area contributed by atoms with Gasteiger partial charge in [-0.05, 0) is 39.3 Å². The van der Waals surface area contributed by atoms with Crippen molar-refractivity contribution in [3.63, 3.8) is 0 Å². The highest BCUT2D eigenvalue weighted by Crippen LogP contribution is 2.42. The summed E-state index contributed by atoms with van der Waals surface area (Å²) >= 11 is 0. The zero-order valence-corrected chi connectivity index (χ0v) is 16.6. The Morgan fingerprint density at radius 3 is 2.71 bits per heavy atom. The molecule has 3 aliphatic rings. The minimum absolute atomic E-state index is 0.0472. The number of fused-ring (bicyclic) bond motifs is 1. The average molecular weight is 391 g/mol. The summed E-state index contributed by atoms with van der Waals surface area (Å²) in [6.45, 7) is 5.22. The number of likely N-dealkylation sites (tertiary alicyclic amines) is 2. The van der Waals surface area contributed by atoms with E-state index in [1.54, 1.807) is 17.9 Å². The van der Waals surface area contributed by atoms with E-state index in [1.165, 1.54) is 0 Å². The molecule has 0 aromatic carbocycles. The van der Waals surface area contributed by atoms with Gasteiger partial charge in [-0.25, -0.2) is 0 Å². The molecule has 3 fully saturated rings. The number of nitrogens with zero attached hydrogens (tertiary/aromatic N) is 2. The van der Waals surface area contributed by atoms with E-state index in [9.17, 15) is 19.8 Å². The van der Waals surface area contributed by atoms with Gasteiger partial charge < -0.3 is 24.8 Å². The molecule has 1 aromatic rings. The molecule has 154 valence electrons. The Hall–Kier alpha value is -1.90. The number of aliphatic hydroxyl groups excluding tert-OH is 2. The number of hydrogen-bond acceptors (Lipinski definition) is 6. The summed E-state index contributed by atoms with van der Waals surface area (Å²) in [5, 5.41) is 22.3. The van der Waals surface area contributed by atoms with Crippen LogP contribution in [0.25, 0.3) is 0 Å². The van der Waals surface area contributed by atoms with Gasteiger partial charge in [-0.1, -0.05) is 0 Å². The fourth-order valence-electron chi connectivity index (χ4n) is 4.96. The normalized spacial score (nSPS) is 35.0. The van der Waals surface area contributed by atoms with Crippen molar-refractivity contribution in [3.05, 3.63) is 23.2 Å². The van der Waals surface area contributed by atoms with Crippen molar-refractivity contribution in [3.8, 4) is 0 Å². The Kier molecular flexibility index (Phi) is 4.76. The molecule has 0 bridgehead atoms. The quantitative estimate of drug-likeness (QED) is 0.673. The molecule has 2 saturated heterocycles. The molecule has 1 aliphatic carbocycles. The maximum absolute atomic E-state index is 12.8. The molecule has 28 heavy (non-hydrogen) atoms. The van der Waals surface area contributed by atoms with Gasteiger partial charge in [0.1, 0.15) is 5.76 Å². The largest absolute Gasteiger partial charge is 0.456 e. The molecule has 4 rings (SSSR count). The number of furan rings is 1. The van der Waals surface area contributed by atoms with E-state index >= 15 is 0 Å². The minimum Gasteiger partial charge on any atom is -0.456 e. The molecule has 5 unspecified atom stereocenters. The van der Waals surface area contributed by atoms with E-state index in [-0.39, 0.29) is 36.1 Å². The van der Waals surface area contributed by atoms with Gasteiger partial charge in [0, 0.05) is 43.6 Å². The molecular weight excluding hydrogens is 362 g/mol. The maximum Gasteiger partial charge on any atom is 0.289 e. The Labute approximate surface area is 164 Å². The van der Waals surface area contributed by atoms with E-state index in [1.807, 2.05) is 18.9 Å². The molecule has 3 N–H and O–H groups in total. The summed E-state index contributed by atoms with van der Waals surface area (Å²) in [5.41, 5.74) is -0.0582. The Balaban J connectivity index is 1.37. The number of aryl methyl sites for hydroxylation is 1. The number of carbonyl (C=O) groups is 2. The lowest BCUT2D eigenvalue weighted by molar-refractivity contribution is -0.132. The van der Waals surface area contributed by atoms with Crippen LogP contribution in [0.2, 0.25) is 0 Å². The monoisotopic (exact) mass is 391 g/mol. The number of aliphatic hydroxyl groups is 2. The van der Waals surface area contributed by atoms with Gasteiger partial charge in [-0.3, -0.25) is 14.5 Å². The number of likely N-dealkylation sites (N-methyl/N-ethyl adjacent to an activating group) is 1. The Bertz CT molecular complexity index is 793. The van der Waals surface area contributed by atoms with Crippen LogP contribution >= 0.6 is 0 Å². The molecular formula is C20H29N3O5. The summed E-state index contributed by atoms with van der Waals surface area (Å²) in [6, 6.07) is 1.67. The van der Waals surface area contributed by atoms with Crippen molar-refractivity contribution in [2.45, 2.75) is 51.0 Å². The Morgan fingerprint density at radius 1 is 1.36 bits per heavy atom. The van der Waals surface area contributed by atoms with Crippen LogP contribution < -0.4 is 5.32 Å². The van der Waals surface area contributed by atoms with E-state index in [4.69, 9.17) is 4.42 Å². The van der Waals surface area contributed by atoms with Crippen LogP contribution in [0.5, 0.6) is 0 Å². The number of amides is 2. The van der Waals surface area contributed by atoms with E-state index < -0.39 is 11.6 Å². The number of rotatable bonds is 4. The molecule has 2 aliphatic heterocycles. The van der Waals surface area contributed by atoms with Crippen molar-refractivity contribution in [1.82, 2.24) is 15.1 Å². The fourth-order valence-corrected chi connectivity index (χ4v) is 4.96. The molecule has 0 radical (unpaired) electrons. The van der Waals surface area contributed by atoms with E-state index in [2.05, 4.69) is 5.32 Å². The van der Waals surface area contributed by atoms with Crippen LogP contribution in [-0.2, 0) is 11.4 Å². The highest BCUT2D eigenvalue weighted by Gasteiger charge is 2.52.